The summed E-state index contributed by atoms with van der Waals surface area (Å²) in [5.41, 5.74) is 0. The highest BCUT2D eigenvalue weighted by molar-refractivity contribution is 5.76. The van der Waals surface area contributed by atoms with Gasteiger partial charge in [-0.2, -0.15) is 13.2 Å². The molecule has 0 radical (unpaired) electrons. The minimum atomic E-state index is -4.24. The van der Waals surface area contributed by atoms with Crippen LogP contribution in [-0.4, -0.2) is 54.4 Å². The van der Waals surface area contributed by atoms with Crippen LogP contribution in [0.3, 0.4) is 0 Å². The monoisotopic (exact) mass is 296 g/mol. The number of hydrogen-bond donors (Lipinski definition) is 2. The fraction of sp³-hybridized carbons (Fsp3) is 0.923. The summed E-state index contributed by atoms with van der Waals surface area (Å²) in [7, 11) is 0. The molecule has 2 N–H and O–H groups in total. The molecule has 1 amide bonds. The first kappa shape index (κ1) is 17.2. The Balaban J connectivity index is 2.57. The van der Waals surface area contributed by atoms with Gasteiger partial charge in [0.15, 0.2) is 0 Å². The van der Waals surface area contributed by atoms with Crippen LogP contribution >= 0.6 is 0 Å². The zero-order valence-corrected chi connectivity index (χ0v) is 11.7. The van der Waals surface area contributed by atoms with Crippen LogP contribution in [0.2, 0.25) is 0 Å². The standard InChI is InChI=1S/C13H23F3N2O2/c1-2-12(20)18-7-10(4-3-5-19)6-11(8-18)17-9-13(14,15)16/h10-11,17,19H,2-9H2,1H3. The van der Waals surface area contributed by atoms with E-state index in [1.165, 1.54) is 0 Å². The normalized spacial score (nSPS) is 23.9. The smallest absolute Gasteiger partial charge is 0.396 e. The third kappa shape index (κ3) is 6.09. The fourth-order valence-electron chi connectivity index (χ4n) is 2.63. The minimum absolute atomic E-state index is 0.0301. The number of nitrogens with one attached hydrogen (secondary N) is 1. The van der Waals surface area contributed by atoms with E-state index in [1.54, 1.807) is 11.8 Å². The number of halogens is 3. The maximum atomic E-state index is 12.3. The molecule has 4 nitrogen and oxygen atoms in total. The summed E-state index contributed by atoms with van der Waals surface area (Å²) < 4.78 is 36.8. The second-order valence-electron chi connectivity index (χ2n) is 5.31. The Morgan fingerprint density at radius 1 is 1.40 bits per heavy atom. The van der Waals surface area contributed by atoms with Crippen molar-refractivity contribution in [3.05, 3.63) is 0 Å². The first-order valence-electron chi connectivity index (χ1n) is 7.04. The highest BCUT2D eigenvalue weighted by Crippen LogP contribution is 2.23. The number of hydrogen-bond acceptors (Lipinski definition) is 3. The molecule has 118 valence electrons. The third-order valence-electron chi connectivity index (χ3n) is 3.55. The maximum Gasteiger partial charge on any atom is 0.401 e. The number of amides is 1. The predicted molar refractivity (Wildman–Crippen MR) is 69.1 cm³/mol. The number of alkyl halides is 3. The molecule has 1 saturated heterocycles. The van der Waals surface area contributed by atoms with Gasteiger partial charge >= 0.3 is 6.18 Å². The average molecular weight is 296 g/mol. The van der Waals surface area contributed by atoms with Gasteiger partial charge in [0, 0.05) is 32.2 Å². The van der Waals surface area contributed by atoms with E-state index in [0.29, 0.717) is 32.4 Å². The number of piperidine rings is 1. The van der Waals surface area contributed by atoms with Crippen molar-refractivity contribution in [1.29, 1.82) is 0 Å². The second-order valence-corrected chi connectivity index (χ2v) is 5.31. The van der Waals surface area contributed by atoms with Gasteiger partial charge in [0.25, 0.3) is 0 Å². The molecule has 0 aliphatic carbocycles. The Bertz CT molecular complexity index is 310. The Morgan fingerprint density at radius 3 is 2.65 bits per heavy atom. The van der Waals surface area contributed by atoms with Crippen molar-refractivity contribution in [3.63, 3.8) is 0 Å². The first-order chi connectivity index (χ1) is 9.35. The number of aliphatic hydroxyl groups is 1. The molecule has 0 bridgehead atoms. The largest absolute Gasteiger partial charge is 0.401 e. The number of aliphatic hydroxyl groups excluding tert-OH is 1. The van der Waals surface area contributed by atoms with Crippen LogP contribution in [0.25, 0.3) is 0 Å². The van der Waals surface area contributed by atoms with E-state index >= 15 is 0 Å². The van der Waals surface area contributed by atoms with Gasteiger partial charge in [0.05, 0.1) is 6.54 Å². The van der Waals surface area contributed by atoms with Gasteiger partial charge < -0.3 is 15.3 Å². The SMILES string of the molecule is CCC(=O)N1CC(CCCO)CC(NCC(F)(F)F)C1. The van der Waals surface area contributed by atoms with Crippen LogP contribution in [0.1, 0.15) is 32.6 Å². The summed E-state index contributed by atoms with van der Waals surface area (Å²) in [5.74, 6) is 0.120. The minimum Gasteiger partial charge on any atom is -0.396 e. The lowest BCUT2D eigenvalue weighted by Crippen LogP contribution is -2.52. The molecule has 20 heavy (non-hydrogen) atoms. The molecule has 0 aromatic carbocycles. The van der Waals surface area contributed by atoms with E-state index < -0.39 is 12.7 Å². The van der Waals surface area contributed by atoms with Gasteiger partial charge in [-0.15, -0.1) is 0 Å². The number of nitrogens with zero attached hydrogens (tertiary/aromatic N) is 1. The van der Waals surface area contributed by atoms with Crippen molar-refractivity contribution in [2.24, 2.45) is 5.92 Å². The van der Waals surface area contributed by atoms with Crippen LogP contribution in [0.15, 0.2) is 0 Å². The molecule has 1 heterocycles. The quantitative estimate of drug-likeness (QED) is 0.782. The van der Waals surface area contributed by atoms with E-state index in [2.05, 4.69) is 5.32 Å². The van der Waals surface area contributed by atoms with Crippen molar-refractivity contribution in [2.45, 2.75) is 44.8 Å². The van der Waals surface area contributed by atoms with Crippen molar-refractivity contribution >= 4 is 5.91 Å². The first-order valence-corrected chi connectivity index (χ1v) is 7.04. The summed E-state index contributed by atoms with van der Waals surface area (Å²) in [5, 5.41) is 11.3. The number of rotatable bonds is 6. The Kier molecular flexibility index (Phi) is 6.75. The molecule has 0 saturated carbocycles. The van der Waals surface area contributed by atoms with Crippen LogP contribution < -0.4 is 5.32 Å². The molecular formula is C13H23F3N2O2. The Morgan fingerprint density at radius 2 is 2.10 bits per heavy atom. The lowest BCUT2D eigenvalue weighted by molar-refractivity contribution is -0.135. The number of likely N-dealkylation sites (tertiary alicyclic amines) is 1. The average Bonchev–Trinajstić information content (AvgIpc) is 2.41. The summed E-state index contributed by atoms with van der Waals surface area (Å²) >= 11 is 0. The highest BCUT2D eigenvalue weighted by Gasteiger charge is 2.32. The molecule has 0 spiro atoms. The van der Waals surface area contributed by atoms with Crippen LogP contribution in [0, 0.1) is 5.92 Å². The highest BCUT2D eigenvalue weighted by atomic mass is 19.4. The molecule has 1 aliphatic rings. The van der Waals surface area contributed by atoms with E-state index in [-0.39, 0.29) is 24.5 Å². The van der Waals surface area contributed by atoms with Crippen LogP contribution in [0.4, 0.5) is 13.2 Å². The molecule has 1 aliphatic heterocycles. The van der Waals surface area contributed by atoms with Gasteiger partial charge in [-0.3, -0.25) is 4.79 Å². The molecule has 2 unspecified atom stereocenters. The molecular weight excluding hydrogens is 273 g/mol. The second kappa shape index (κ2) is 7.83. The molecule has 7 heteroatoms. The number of carbonyl (C=O) groups is 1. The van der Waals surface area contributed by atoms with Gasteiger partial charge in [0.1, 0.15) is 0 Å². The molecule has 1 fully saturated rings. The molecule has 2 atom stereocenters. The van der Waals surface area contributed by atoms with Crippen molar-refractivity contribution in [1.82, 2.24) is 10.2 Å². The van der Waals surface area contributed by atoms with Crippen molar-refractivity contribution < 1.29 is 23.1 Å². The van der Waals surface area contributed by atoms with Crippen LogP contribution in [-0.2, 0) is 4.79 Å². The molecule has 1 rings (SSSR count). The van der Waals surface area contributed by atoms with Gasteiger partial charge in [-0.05, 0) is 25.2 Å². The van der Waals surface area contributed by atoms with Gasteiger partial charge in [0.2, 0.25) is 5.91 Å². The summed E-state index contributed by atoms with van der Waals surface area (Å²) in [4.78, 5) is 13.4. The number of carbonyl (C=O) groups excluding carboxylic acids is 1. The van der Waals surface area contributed by atoms with E-state index in [4.69, 9.17) is 5.11 Å². The Hall–Kier alpha value is -0.820. The van der Waals surface area contributed by atoms with E-state index in [9.17, 15) is 18.0 Å². The zero-order valence-electron chi connectivity index (χ0n) is 11.7. The zero-order chi connectivity index (χ0) is 15.2. The maximum absolute atomic E-state index is 12.3. The summed E-state index contributed by atoms with van der Waals surface area (Å²) in [6.45, 7) is 1.70. The van der Waals surface area contributed by atoms with E-state index in [0.717, 1.165) is 6.42 Å². The molecule has 0 aromatic rings. The van der Waals surface area contributed by atoms with Crippen LogP contribution in [0.5, 0.6) is 0 Å². The molecule has 0 aromatic heterocycles. The third-order valence-corrected chi connectivity index (χ3v) is 3.55. The van der Waals surface area contributed by atoms with E-state index in [1.807, 2.05) is 0 Å². The summed E-state index contributed by atoms with van der Waals surface area (Å²) in [6.07, 6.45) is -1.92. The lowest BCUT2D eigenvalue weighted by atomic mass is 9.90. The lowest BCUT2D eigenvalue weighted by Gasteiger charge is -2.38. The summed E-state index contributed by atoms with van der Waals surface area (Å²) in [6, 6.07) is -0.329. The van der Waals surface area contributed by atoms with Crippen molar-refractivity contribution in [3.8, 4) is 0 Å². The van der Waals surface area contributed by atoms with Gasteiger partial charge in [-0.25, -0.2) is 0 Å². The fourth-order valence-corrected chi connectivity index (χ4v) is 2.63. The predicted octanol–water partition coefficient (Wildman–Crippen LogP) is 1.54. The topological polar surface area (TPSA) is 52.6 Å². The Labute approximate surface area is 117 Å². The van der Waals surface area contributed by atoms with Crippen molar-refractivity contribution in [2.75, 3.05) is 26.2 Å². The van der Waals surface area contributed by atoms with Gasteiger partial charge in [-0.1, -0.05) is 6.92 Å².